The molecule has 0 bridgehead atoms. The minimum absolute atomic E-state index is 0.157. The summed E-state index contributed by atoms with van der Waals surface area (Å²) in [4.78, 5) is 44.9. The topological polar surface area (TPSA) is 91.3 Å². The number of benzene rings is 1. The molecule has 1 aromatic carbocycles. The molecule has 152 valence electrons. The number of para-hydroxylation sites is 1. The van der Waals surface area contributed by atoms with Crippen LogP contribution in [0.1, 0.15) is 28.6 Å². The van der Waals surface area contributed by atoms with Gasteiger partial charge in [-0.05, 0) is 36.5 Å². The van der Waals surface area contributed by atoms with Crippen LogP contribution in [-0.2, 0) is 6.54 Å². The van der Waals surface area contributed by atoms with Gasteiger partial charge in [-0.25, -0.2) is 4.79 Å². The number of aromatic amines is 1. The number of nitrogens with zero attached hydrogens (tertiary/aromatic N) is 4. The fourth-order valence-electron chi connectivity index (χ4n) is 3.73. The van der Waals surface area contributed by atoms with Crippen LogP contribution in [-0.4, -0.2) is 50.9 Å². The van der Waals surface area contributed by atoms with Crippen molar-refractivity contribution in [2.45, 2.75) is 26.8 Å². The van der Waals surface area contributed by atoms with E-state index in [1.165, 1.54) is 11.3 Å². The Balaban J connectivity index is 1.57. The number of hydrogen-bond acceptors (Lipinski definition) is 6. The molecule has 0 aliphatic carbocycles. The Morgan fingerprint density at radius 3 is 2.59 bits per heavy atom. The molecule has 2 aromatic heterocycles. The highest BCUT2D eigenvalue weighted by Gasteiger charge is 2.27. The molecule has 3 aromatic rings. The zero-order valence-corrected chi connectivity index (χ0v) is 17.3. The van der Waals surface area contributed by atoms with Crippen LogP contribution in [0, 0.1) is 6.92 Å². The Kier molecular flexibility index (Phi) is 5.23. The number of piperazine rings is 1. The van der Waals surface area contributed by atoms with E-state index in [1.807, 2.05) is 19.1 Å². The molecule has 1 aliphatic heterocycles. The summed E-state index contributed by atoms with van der Waals surface area (Å²) in [5.41, 5.74) is 1.87. The first kappa shape index (κ1) is 19.4. The SMILES string of the molecule is CCCn1c(=O)[nH]c2c(C(=O)N3CCN(c4ccccc4C)CC3)snc2c1=O. The third kappa shape index (κ3) is 3.46. The third-order valence-electron chi connectivity index (χ3n) is 5.28. The van der Waals surface area contributed by atoms with E-state index in [4.69, 9.17) is 0 Å². The molecule has 3 heterocycles. The van der Waals surface area contributed by atoms with E-state index in [2.05, 4.69) is 33.3 Å². The number of amides is 1. The first-order valence-corrected chi connectivity index (χ1v) is 10.5. The van der Waals surface area contributed by atoms with Crippen molar-refractivity contribution in [3.8, 4) is 0 Å². The van der Waals surface area contributed by atoms with Crippen molar-refractivity contribution in [2.24, 2.45) is 0 Å². The number of carbonyl (C=O) groups is 1. The van der Waals surface area contributed by atoms with Crippen LogP contribution in [0.2, 0.25) is 0 Å². The molecule has 0 radical (unpaired) electrons. The average Bonchev–Trinajstić information content (AvgIpc) is 3.15. The van der Waals surface area contributed by atoms with Crippen molar-refractivity contribution >= 4 is 34.2 Å². The summed E-state index contributed by atoms with van der Waals surface area (Å²) in [6.07, 6.45) is 0.662. The fraction of sp³-hybridized carbons (Fsp3) is 0.400. The van der Waals surface area contributed by atoms with Crippen LogP contribution in [0.5, 0.6) is 0 Å². The summed E-state index contributed by atoms with van der Waals surface area (Å²) in [5, 5.41) is 0. The highest BCUT2D eigenvalue weighted by molar-refractivity contribution is 7.09. The number of aryl methyl sites for hydroxylation is 1. The van der Waals surface area contributed by atoms with Crippen molar-refractivity contribution in [1.29, 1.82) is 0 Å². The lowest BCUT2D eigenvalue weighted by Crippen LogP contribution is -2.49. The first-order valence-electron chi connectivity index (χ1n) is 9.73. The lowest BCUT2D eigenvalue weighted by molar-refractivity contribution is 0.0753. The van der Waals surface area contributed by atoms with Crippen molar-refractivity contribution in [2.75, 3.05) is 31.1 Å². The van der Waals surface area contributed by atoms with Gasteiger partial charge in [0.1, 0.15) is 4.88 Å². The largest absolute Gasteiger partial charge is 0.368 e. The molecular formula is C20H23N5O3S. The van der Waals surface area contributed by atoms with Gasteiger partial charge in [0.15, 0.2) is 5.52 Å². The second-order valence-electron chi connectivity index (χ2n) is 7.19. The molecule has 0 atom stereocenters. The molecule has 4 rings (SSSR count). The summed E-state index contributed by atoms with van der Waals surface area (Å²) in [7, 11) is 0. The smallest absolute Gasteiger partial charge is 0.328 e. The van der Waals surface area contributed by atoms with E-state index in [9.17, 15) is 14.4 Å². The van der Waals surface area contributed by atoms with Gasteiger partial charge >= 0.3 is 5.69 Å². The van der Waals surface area contributed by atoms with Gasteiger partial charge in [-0.2, -0.15) is 4.37 Å². The fourth-order valence-corrected chi connectivity index (χ4v) is 4.53. The Labute approximate surface area is 171 Å². The maximum Gasteiger partial charge on any atom is 0.328 e. The number of rotatable bonds is 4. The molecule has 0 unspecified atom stereocenters. The van der Waals surface area contributed by atoms with Crippen LogP contribution in [0.4, 0.5) is 5.69 Å². The number of H-pyrrole nitrogens is 1. The Hall–Kier alpha value is -2.94. The van der Waals surface area contributed by atoms with Crippen LogP contribution < -0.4 is 16.1 Å². The van der Waals surface area contributed by atoms with Crippen molar-refractivity contribution in [3.63, 3.8) is 0 Å². The minimum atomic E-state index is -0.497. The third-order valence-corrected chi connectivity index (χ3v) is 6.12. The summed E-state index contributed by atoms with van der Waals surface area (Å²) >= 11 is 0.976. The number of fused-ring (bicyclic) bond motifs is 1. The maximum absolute atomic E-state index is 13.1. The standard InChI is InChI=1S/C20H23N5O3S/c1-3-8-25-18(26)16-15(21-20(25)28)17(29-22-16)19(27)24-11-9-23(10-12-24)14-7-5-4-6-13(14)2/h4-7H,3,8-12H2,1-2H3,(H,21,28). The predicted molar refractivity (Wildman–Crippen MR) is 114 cm³/mol. The van der Waals surface area contributed by atoms with Crippen LogP contribution in [0.25, 0.3) is 11.0 Å². The highest BCUT2D eigenvalue weighted by Crippen LogP contribution is 2.23. The highest BCUT2D eigenvalue weighted by atomic mass is 32.1. The Morgan fingerprint density at radius 1 is 1.17 bits per heavy atom. The zero-order chi connectivity index (χ0) is 20.5. The summed E-state index contributed by atoms with van der Waals surface area (Å²) < 4.78 is 5.31. The molecule has 0 saturated carbocycles. The Morgan fingerprint density at radius 2 is 1.90 bits per heavy atom. The van der Waals surface area contributed by atoms with E-state index < -0.39 is 11.2 Å². The number of anilines is 1. The van der Waals surface area contributed by atoms with Gasteiger partial charge in [0.2, 0.25) is 0 Å². The van der Waals surface area contributed by atoms with E-state index in [1.54, 1.807) is 4.90 Å². The predicted octanol–water partition coefficient (Wildman–Crippen LogP) is 1.83. The van der Waals surface area contributed by atoms with Gasteiger partial charge in [0.25, 0.3) is 11.5 Å². The first-order chi connectivity index (χ1) is 14.0. The lowest BCUT2D eigenvalue weighted by atomic mass is 10.1. The summed E-state index contributed by atoms with van der Waals surface area (Å²) in [5.74, 6) is -0.190. The maximum atomic E-state index is 13.1. The molecule has 1 N–H and O–H groups in total. The van der Waals surface area contributed by atoms with E-state index in [0.29, 0.717) is 30.9 Å². The summed E-state index contributed by atoms with van der Waals surface area (Å²) in [6, 6.07) is 8.21. The van der Waals surface area contributed by atoms with Crippen molar-refractivity contribution in [1.82, 2.24) is 18.8 Å². The average molecular weight is 414 g/mol. The molecule has 29 heavy (non-hydrogen) atoms. The zero-order valence-electron chi connectivity index (χ0n) is 16.5. The van der Waals surface area contributed by atoms with E-state index >= 15 is 0 Å². The van der Waals surface area contributed by atoms with Crippen LogP contribution in [0.15, 0.2) is 33.9 Å². The van der Waals surface area contributed by atoms with Gasteiger partial charge in [0, 0.05) is 38.4 Å². The second-order valence-corrected chi connectivity index (χ2v) is 7.96. The lowest BCUT2D eigenvalue weighted by Gasteiger charge is -2.36. The monoisotopic (exact) mass is 413 g/mol. The van der Waals surface area contributed by atoms with E-state index in [-0.39, 0.29) is 16.9 Å². The molecule has 1 fully saturated rings. The molecule has 1 saturated heterocycles. The second kappa shape index (κ2) is 7.82. The number of nitrogens with one attached hydrogen (secondary N) is 1. The molecule has 9 heteroatoms. The number of carbonyl (C=O) groups excluding carboxylic acids is 1. The van der Waals surface area contributed by atoms with E-state index in [0.717, 1.165) is 29.2 Å². The van der Waals surface area contributed by atoms with Gasteiger partial charge in [-0.3, -0.25) is 14.2 Å². The Bertz CT molecular complexity index is 1170. The van der Waals surface area contributed by atoms with Crippen molar-refractivity contribution in [3.05, 3.63) is 55.5 Å². The number of aromatic nitrogens is 3. The van der Waals surface area contributed by atoms with Crippen LogP contribution in [0.3, 0.4) is 0 Å². The molecule has 8 nitrogen and oxygen atoms in total. The quantitative estimate of drug-likeness (QED) is 0.705. The van der Waals surface area contributed by atoms with Gasteiger partial charge in [-0.1, -0.05) is 25.1 Å². The molecule has 1 aliphatic rings. The number of hydrogen-bond donors (Lipinski definition) is 1. The molecule has 0 spiro atoms. The van der Waals surface area contributed by atoms with Gasteiger partial charge < -0.3 is 14.8 Å². The molecular weight excluding hydrogens is 390 g/mol. The van der Waals surface area contributed by atoms with Crippen LogP contribution >= 0.6 is 11.5 Å². The normalized spacial score (nSPS) is 14.6. The summed E-state index contributed by atoms with van der Waals surface area (Å²) in [6.45, 7) is 6.90. The van der Waals surface area contributed by atoms with Crippen molar-refractivity contribution < 1.29 is 4.79 Å². The van der Waals surface area contributed by atoms with Gasteiger partial charge in [0.05, 0.1) is 5.52 Å². The molecule has 1 amide bonds. The minimum Gasteiger partial charge on any atom is -0.368 e. The van der Waals surface area contributed by atoms with Gasteiger partial charge in [-0.15, -0.1) is 0 Å².